The maximum absolute atomic E-state index is 13.4. The monoisotopic (exact) mass is 277 g/mol. The lowest BCUT2D eigenvalue weighted by atomic mass is 9.86. The van der Waals surface area contributed by atoms with Crippen LogP contribution in [0.15, 0.2) is 0 Å². The Hall–Kier alpha value is -0.750. The van der Waals surface area contributed by atoms with Gasteiger partial charge in [-0.25, -0.2) is 8.78 Å². The molecule has 1 aliphatic carbocycles. The number of carbonyl (C=O) groups is 1. The summed E-state index contributed by atoms with van der Waals surface area (Å²) in [6.45, 7) is 2.14. The van der Waals surface area contributed by atoms with E-state index in [1.807, 2.05) is 4.90 Å². The highest BCUT2D eigenvalue weighted by Crippen LogP contribution is 2.37. The molecule has 1 aliphatic heterocycles. The molecule has 0 bridgehead atoms. The fourth-order valence-corrected chi connectivity index (χ4v) is 3.08. The first-order valence-electron chi connectivity index (χ1n) is 6.88. The zero-order valence-corrected chi connectivity index (χ0v) is 11.0. The fourth-order valence-electron chi connectivity index (χ4n) is 3.08. The number of alkyl halides is 2. The Morgan fingerprint density at radius 3 is 2.95 bits per heavy atom. The number of hydrogen-bond acceptors (Lipinski definition) is 3. The number of aliphatic carboxylic acids is 1. The molecule has 110 valence electrons. The zero-order valence-electron chi connectivity index (χ0n) is 11.0. The van der Waals surface area contributed by atoms with Crippen LogP contribution in [0.25, 0.3) is 0 Å². The van der Waals surface area contributed by atoms with E-state index in [0.717, 1.165) is 6.42 Å². The highest BCUT2D eigenvalue weighted by molar-refractivity contribution is 5.67. The first kappa shape index (κ1) is 14.7. The number of hydrogen-bond donors (Lipinski definition) is 1. The number of rotatable bonds is 4. The first-order chi connectivity index (χ1) is 8.96. The molecular weight excluding hydrogens is 256 g/mol. The standard InChI is InChI=1S/C13H21F2NO3/c14-13(15)3-1-2-10(7-13)8-16-4-5-19-9-11(16)6-12(17)18/h10-11H,1-9H2,(H,17,18). The lowest BCUT2D eigenvalue weighted by Crippen LogP contribution is -2.49. The number of nitrogens with zero attached hydrogens (tertiary/aromatic N) is 1. The van der Waals surface area contributed by atoms with Gasteiger partial charge in [0, 0.05) is 32.0 Å². The van der Waals surface area contributed by atoms with Crippen LogP contribution in [-0.2, 0) is 9.53 Å². The second-order valence-corrected chi connectivity index (χ2v) is 5.64. The Labute approximate surface area is 111 Å². The predicted octanol–water partition coefficient (Wildman–Crippen LogP) is 1.99. The Bertz CT molecular complexity index is 325. The molecule has 2 unspecified atom stereocenters. The lowest BCUT2D eigenvalue weighted by Gasteiger charge is -2.39. The Balaban J connectivity index is 1.89. The lowest BCUT2D eigenvalue weighted by molar-refractivity contribution is -0.140. The summed E-state index contributed by atoms with van der Waals surface area (Å²) in [5.74, 6) is -3.44. The second kappa shape index (κ2) is 6.13. The van der Waals surface area contributed by atoms with Crippen molar-refractivity contribution in [2.75, 3.05) is 26.3 Å². The molecule has 19 heavy (non-hydrogen) atoms. The van der Waals surface area contributed by atoms with Crippen molar-refractivity contribution in [3.05, 3.63) is 0 Å². The van der Waals surface area contributed by atoms with Gasteiger partial charge >= 0.3 is 5.97 Å². The predicted molar refractivity (Wildman–Crippen MR) is 65.3 cm³/mol. The third kappa shape index (κ3) is 4.38. The van der Waals surface area contributed by atoms with Crippen LogP contribution in [0.4, 0.5) is 8.78 Å². The third-order valence-corrected chi connectivity index (χ3v) is 3.99. The number of carboxylic acids is 1. The molecule has 2 rings (SSSR count). The molecule has 1 heterocycles. The van der Waals surface area contributed by atoms with Crippen LogP contribution < -0.4 is 0 Å². The van der Waals surface area contributed by atoms with Crippen molar-refractivity contribution in [1.29, 1.82) is 0 Å². The number of halogens is 2. The van der Waals surface area contributed by atoms with E-state index in [1.165, 1.54) is 0 Å². The minimum Gasteiger partial charge on any atom is -0.481 e. The van der Waals surface area contributed by atoms with E-state index in [1.54, 1.807) is 0 Å². The summed E-state index contributed by atoms with van der Waals surface area (Å²) in [6, 6.07) is -0.179. The van der Waals surface area contributed by atoms with Crippen LogP contribution in [0, 0.1) is 5.92 Å². The van der Waals surface area contributed by atoms with Crippen LogP contribution in [0.3, 0.4) is 0 Å². The Morgan fingerprint density at radius 1 is 1.47 bits per heavy atom. The van der Waals surface area contributed by atoms with Crippen molar-refractivity contribution in [1.82, 2.24) is 4.90 Å². The molecule has 1 saturated carbocycles. The van der Waals surface area contributed by atoms with E-state index in [2.05, 4.69) is 0 Å². The first-order valence-corrected chi connectivity index (χ1v) is 6.88. The van der Waals surface area contributed by atoms with Crippen molar-refractivity contribution in [3.63, 3.8) is 0 Å². The molecule has 0 aromatic rings. The molecule has 6 heteroatoms. The van der Waals surface area contributed by atoms with Gasteiger partial charge in [-0.1, -0.05) is 0 Å². The van der Waals surface area contributed by atoms with Gasteiger partial charge in [-0.3, -0.25) is 9.69 Å². The van der Waals surface area contributed by atoms with Gasteiger partial charge in [-0.2, -0.15) is 0 Å². The normalized spacial score (nSPS) is 32.1. The van der Waals surface area contributed by atoms with Gasteiger partial charge in [0.2, 0.25) is 5.92 Å². The van der Waals surface area contributed by atoms with Crippen LogP contribution in [0.1, 0.15) is 32.1 Å². The molecule has 0 aromatic carbocycles. The Kier molecular flexibility index (Phi) is 4.73. The average Bonchev–Trinajstić information content (AvgIpc) is 2.30. The van der Waals surface area contributed by atoms with E-state index < -0.39 is 11.9 Å². The van der Waals surface area contributed by atoms with Crippen LogP contribution in [-0.4, -0.2) is 54.2 Å². The minimum atomic E-state index is -2.54. The number of morpholine rings is 1. The molecule has 0 spiro atoms. The van der Waals surface area contributed by atoms with Gasteiger partial charge in [-0.15, -0.1) is 0 Å². The number of carboxylic acid groups (broad SMARTS) is 1. The smallest absolute Gasteiger partial charge is 0.305 e. The van der Waals surface area contributed by atoms with Crippen molar-refractivity contribution in [2.45, 2.75) is 44.1 Å². The van der Waals surface area contributed by atoms with Crippen LogP contribution in [0.2, 0.25) is 0 Å². The fraction of sp³-hybridized carbons (Fsp3) is 0.923. The molecule has 0 aromatic heterocycles. The zero-order chi connectivity index (χ0) is 13.9. The molecule has 1 saturated heterocycles. The van der Waals surface area contributed by atoms with Gasteiger partial charge in [0.1, 0.15) is 0 Å². The summed E-state index contributed by atoms with van der Waals surface area (Å²) in [7, 11) is 0. The van der Waals surface area contributed by atoms with Crippen molar-refractivity contribution in [3.8, 4) is 0 Å². The van der Waals surface area contributed by atoms with Crippen LogP contribution >= 0.6 is 0 Å². The number of ether oxygens (including phenoxy) is 1. The molecule has 2 aliphatic rings. The van der Waals surface area contributed by atoms with E-state index in [4.69, 9.17) is 9.84 Å². The highest BCUT2D eigenvalue weighted by Gasteiger charge is 2.38. The van der Waals surface area contributed by atoms with Crippen LogP contribution in [0.5, 0.6) is 0 Å². The summed E-state index contributed by atoms with van der Waals surface area (Å²) in [5.41, 5.74) is 0. The maximum Gasteiger partial charge on any atom is 0.305 e. The summed E-state index contributed by atoms with van der Waals surface area (Å²) in [5, 5.41) is 8.87. The van der Waals surface area contributed by atoms with Gasteiger partial charge in [0.15, 0.2) is 0 Å². The molecule has 4 nitrogen and oxygen atoms in total. The van der Waals surface area contributed by atoms with Gasteiger partial charge < -0.3 is 9.84 Å². The second-order valence-electron chi connectivity index (χ2n) is 5.64. The van der Waals surface area contributed by atoms with E-state index in [0.29, 0.717) is 32.7 Å². The summed E-state index contributed by atoms with van der Waals surface area (Å²) in [6.07, 6.45) is 1.32. The van der Waals surface area contributed by atoms with Gasteiger partial charge in [0.05, 0.1) is 19.6 Å². The van der Waals surface area contributed by atoms with Crippen molar-refractivity contribution in [2.24, 2.45) is 5.92 Å². The summed E-state index contributed by atoms with van der Waals surface area (Å²) >= 11 is 0. The van der Waals surface area contributed by atoms with Crippen molar-refractivity contribution >= 4 is 5.97 Å². The largest absolute Gasteiger partial charge is 0.481 e. The molecule has 2 atom stereocenters. The van der Waals surface area contributed by atoms with Gasteiger partial charge in [-0.05, 0) is 18.8 Å². The van der Waals surface area contributed by atoms with Gasteiger partial charge in [0.25, 0.3) is 0 Å². The average molecular weight is 277 g/mol. The molecule has 1 N–H and O–H groups in total. The Morgan fingerprint density at radius 2 is 2.26 bits per heavy atom. The third-order valence-electron chi connectivity index (χ3n) is 3.99. The molecule has 2 fully saturated rings. The maximum atomic E-state index is 13.4. The minimum absolute atomic E-state index is 0.00876. The quantitative estimate of drug-likeness (QED) is 0.853. The topological polar surface area (TPSA) is 49.8 Å². The molecule has 0 amide bonds. The van der Waals surface area contributed by atoms with E-state index in [-0.39, 0.29) is 31.2 Å². The van der Waals surface area contributed by atoms with E-state index in [9.17, 15) is 13.6 Å². The molecular formula is C13H21F2NO3. The summed E-state index contributed by atoms with van der Waals surface area (Å²) < 4.78 is 32.0. The summed E-state index contributed by atoms with van der Waals surface area (Å²) in [4.78, 5) is 12.8. The van der Waals surface area contributed by atoms with Crippen molar-refractivity contribution < 1.29 is 23.4 Å². The van der Waals surface area contributed by atoms with E-state index >= 15 is 0 Å². The highest BCUT2D eigenvalue weighted by atomic mass is 19.3. The molecule has 0 radical (unpaired) electrons. The SMILES string of the molecule is O=C(O)CC1COCCN1CC1CCCC(F)(F)C1.